The Morgan fingerprint density at radius 3 is 2.46 bits per heavy atom. The minimum atomic E-state index is 0.256. The van der Waals surface area contributed by atoms with Gasteiger partial charge in [0.15, 0.2) is 11.5 Å². The van der Waals surface area contributed by atoms with Gasteiger partial charge in [0.2, 0.25) is 0 Å². The molecule has 0 aromatic heterocycles. The van der Waals surface area contributed by atoms with Gasteiger partial charge < -0.3 is 19.5 Å². The highest BCUT2D eigenvalue weighted by atomic mass is 79.9. The maximum absolute atomic E-state index is 6.24. The van der Waals surface area contributed by atoms with Crippen molar-refractivity contribution in [3.8, 4) is 11.5 Å². The third-order valence-corrected chi connectivity index (χ3v) is 5.26. The second-order valence-corrected chi connectivity index (χ2v) is 7.72. The molecule has 0 atom stereocenters. The summed E-state index contributed by atoms with van der Waals surface area (Å²) in [5.74, 6) is 1.32. The minimum absolute atomic E-state index is 0.256. The number of rotatable bonds is 12. The number of nitrogens with one attached hydrogen (secondary N) is 1. The molecule has 0 unspecified atom stereocenters. The summed E-state index contributed by atoms with van der Waals surface area (Å²) in [5.41, 5.74) is 1.86. The van der Waals surface area contributed by atoms with Crippen LogP contribution in [0, 0.1) is 0 Å². The second-order valence-electron chi connectivity index (χ2n) is 6.05. The Kier molecular flexibility index (Phi) is 10.4. The third kappa shape index (κ3) is 7.12. The van der Waals surface area contributed by atoms with Gasteiger partial charge >= 0.3 is 0 Å². The molecule has 28 heavy (non-hydrogen) atoms. The highest BCUT2D eigenvalue weighted by Gasteiger charge is 2.14. The molecule has 7 heteroatoms. The summed E-state index contributed by atoms with van der Waals surface area (Å²) in [6, 6.07) is 9.43. The monoisotopic (exact) mass is 489 g/mol. The summed E-state index contributed by atoms with van der Waals surface area (Å²) in [5, 5.41) is 4.57. The van der Waals surface area contributed by atoms with Crippen LogP contribution < -0.4 is 14.8 Å². The molecule has 1 N–H and O–H groups in total. The fraction of sp³-hybridized carbons (Fsp3) is 0.429. The first-order chi connectivity index (χ1) is 13.6. The van der Waals surface area contributed by atoms with Crippen molar-refractivity contribution in [1.29, 1.82) is 0 Å². The Morgan fingerprint density at radius 2 is 1.79 bits per heavy atom. The average Bonchev–Trinajstić information content (AvgIpc) is 2.66. The first-order valence-electron chi connectivity index (χ1n) is 9.36. The molecule has 0 saturated carbocycles. The van der Waals surface area contributed by atoms with E-state index < -0.39 is 0 Å². The largest absolute Gasteiger partial charge is 0.490 e. The molecule has 2 rings (SSSR count). The Labute approximate surface area is 185 Å². The average molecular weight is 491 g/mol. The molecule has 4 nitrogen and oxygen atoms in total. The van der Waals surface area contributed by atoms with Crippen molar-refractivity contribution in [2.75, 3.05) is 26.4 Å². The van der Waals surface area contributed by atoms with E-state index in [9.17, 15) is 0 Å². The first kappa shape index (κ1) is 23.3. The standard InChI is InChI=1S/C21H26BrCl2NO3/c1-3-26-10-6-9-25-13-15-11-17(22)21(20(12-15)27-4-2)28-14-16-18(23)7-5-8-19(16)24/h5,7-8,11-12,25H,3-4,6,9-10,13-14H2,1-2H3. The van der Waals surface area contributed by atoms with Crippen LogP contribution in [0.4, 0.5) is 0 Å². The summed E-state index contributed by atoms with van der Waals surface area (Å²) in [4.78, 5) is 0. The molecule has 0 fully saturated rings. The zero-order valence-electron chi connectivity index (χ0n) is 16.2. The van der Waals surface area contributed by atoms with E-state index in [1.807, 2.05) is 32.0 Å². The van der Waals surface area contributed by atoms with Crippen LogP contribution in [0.2, 0.25) is 10.0 Å². The van der Waals surface area contributed by atoms with Crippen LogP contribution in [0.5, 0.6) is 11.5 Å². The van der Waals surface area contributed by atoms with Gasteiger partial charge in [-0.2, -0.15) is 0 Å². The summed E-state index contributed by atoms with van der Waals surface area (Å²) in [7, 11) is 0. The molecular formula is C21H26BrCl2NO3. The van der Waals surface area contributed by atoms with Crippen molar-refractivity contribution in [3.05, 3.63) is 56.0 Å². The summed E-state index contributed by atoms with van der Waals surface area (Å²) < 4.78 is 18.0. The van der Waals surface area contributed by atoms with E-state index >= 15 is 0 Å². The van der Waals surface area contributed by atoms with Gasteiger partial charge in [-0.15, -0.1) is 0 Å². The Hall–Kier alpha value is -0.980. The summed E-state index contributed by atoms with van der Waals surface area (Å²) in [6.07, 6.45) is 0.979. The summed E-state index contributed by atoms with van der Waals surface area (Å²) >= 11 is 16.1. The van der Waals surface area contributed by atoms with Crippen LogP contribution in [0.1, 0.15) is 31.4 Å². The van der Waals surface area contributed by atoms with E-state index in [2.05, 4.69) is 21.2 Å². The van der Waals surface area contributed by atoms with E-state index in [0.29, 0.717) is 28.2 Å². The van der Waals surface area contributed by atoms with Gasteiger partial charge in [0.05, 0.1) is 11.1 Å². The van der Waals surface area contributed by atoms with Crippen molar-refractivity contribution < 1.29 is 14.2 Å². The van der Waals surface area contributed by atoms with Crippen LogP contribution >= 0.6 is 39.1 Å². The van der Waals surface area contributed by atoms with Crippen LogP contribution in [-0.2, 0) is 17.9 Å². The summed E-state index contributed by atoms with van der Waals surface area (Å²) in [6.45, 7) is 7.91. The van der Waals surface area contributed by atoms with Gasteiger partial charge in [-0.3, -0.25) is 0 Å². The van der Waals surface area contributed by atoms with E-state index in [0.717, 1.165) is 48.3 Å². The number of ether oxygens (including phenoxy) is 3. The number of hydrogen-bond acceptors (Lipinski definition) is 4. The third-order valence-electron chi connectivity index (χ3n) is 3.97. The molecule has 0 aliphatic rings. The molecule has 0 aliphatic heterocycles. The van der Waals surface area contributed by atoms with Gasteiger partial charge in [0, 0.05) is 35.4 Å². The highest BCUT2D eigenvalue weighted by Crippen LogP contribution is 2.38. The molecule has 0 saturated heterocycles. The van der Waals surface area contributed by atoms with Crippen molar-refractivity contribution >= 4 is 39.1 Å². The molecule has 0 spiro atoms. The fourth-order valence-electron chi connectivity index (χ4n) is 2.62. The predicted octanol–water partition coefficient (Wildman–Crippen LogP) is 6.25. The smallest absolute Gasteiger partial charge is 0.175 e. The zero-order valence-corrected chi connectivity index (χ0v) is 19.3. The van der Waals surface area contributed by atoms with Gasteiger partial charge in [0.1, 0.15) is 6.61 Å². The lowest BCUT2D eigenvalue weighted by atomic mass is 10.2. The molecule has 2 aromatic carbocycles. The molecule has 0 heterocycles. The Bertz CT molecular complexity index is 738. The lowest BCUT2D eigenvalue weighted by Crippen LogP contribution is -2.16. The number of halogens is 3. The Morgan fingerprint density at radius 1 is 1.04 bits per heavy atom. The van der Waals surface area contributed by atoms with Crippen LogP contribution in [-0.4, -0.2) is 26.4 Å². The minimum Gasteiger partial charge on any atom is -0.490 e. The van der Waals surface area contributed by atoms with Crippen molar-refractivity contribution in [2.45, 2.75) is 33.4 Å². The van der Waals surface area contributed by atoms with Crippen molar-refractivity contribution in [3.63, 3.8) is 0 Å². The van der Waals surface area contributed by atoms with Crippen LogP contribution in [0.3, 0.4) is 0 Å². The van der Waals surface area contributed by atoms with Gasteiger partial charge in [0.25, 0.3) is 0 Å². The lowest BCUT2D eigenvalue weighted by molar-refractivity contribution is 0.144. The van der Waals surface area contributed by atoms with Gasteiger partial charge in [-0.25, -0.2) is 0 Å². The number of hydrogen-bond donors (Lipinski definition) is 1. The lowest BCUT2D eigenvalue weighted by Gasteiger charge is -2.17. The quantitative estimate of drug-likeness (QED) is 0.357. The maximum Gasteiger partial charge on any atom is 0.175 e. The first-order valence-corrected chi connectivity index (χ1v) is 10.9. The van der Waals surface area contributed by atoms with E-state index in [1.54, 1.807) is 12.1 Å². The van der Waals surface area contributed by atoms with E-state index in [-0.39, 0.29) is 6.61 Å². The molecule has 0 radical (unpaired) electrons. The second kappa shape index (κ2) is 12.6. The van der Waals surface area contributed by atoms with E-state index in [4.69, 9.17) is 37.4 Å². The SMILES string of the molecule is CCOCCCNCc1cc(Br)c(OCc2c(Cl)cccc2Cl)c(OCC)c1. The maximum atomic E-state index is 6.24. The van der Waals surface area contributed by atoms with E-state index in [1.165, 1.54) is 0 Å². The van der Waals surface area contributed by atoms with Gasteiger partial charge in [-0.05, 0) is 72.6 Å². The van der Waals surface area contributed by atoms with Crippen LogP contribution in [0.25, 0.3) is 0 Å². The molecular weight excluding hydrogens is 465 g/mol. The van der Waals surface area contributed by atoms with Crippen molar-refractivity contribution in [2.24, 2.45) is 0 Å². The Balaban J connectivity index is 2.05. The predicted molar refractivity (Wildman–Crippen MR) is 119 cm³/mol. The molecule has 0 bridgehead atoms. The fourth-order valence-corrected chi connectivity index (χ4v) is 3.73. The molecule has 0 aliphatic carbocycles. The zero-order chi connectivity index (χ0) is 20.4. The highest BCUT2D eigenvalue weighted by molar-refractivity contribution is 9.10. The normalized spacial score (nSPS) is 10.9. The topological polar surface area (TPSA) is 39.7 Å². The number of benzene rings is 2. The van der Waals surface area contributed by atoms with Crippen molar-refractivity contribution in [1.82, 2.24) is 5.32 Å². The molecule has 0 amide bonds. The molecule has 2 aromatic rings. The molecule has 154 valence electrons. The van der Waals surface area contributed by atoms with Crippen LogP contribution in [0.15, 0.2) is 34.8 Å². The van der Waals surface area contributed by atoms with Gasteiger partial charge in [-0.1, -0.05) is 29.3 Å².